The minimum absolute atomic E-state index is 0.0406. The highest BCUT2D eigenvalue weighted by Gasteiger charge is 2.16. The van der Waals surface area contributed by atoms with Crippen LogP contribution >= 0.6 is 0 Å². The van der Waals surface area contributed by atoms with E-state index in [2.05, 4.69) is 4.98 Å². The molecular weight excluding hydrogens is 173 g/mol. The third-order valence-corrected chi connectivity index (χ3v) is 1.74. The van der Waals surface area contributed by atoms with E-state index in [0.29, 0.717) is 5.56 Å². The van der Waals surface area contributed by atoms with Crippen LogP contribution in [-0.4, -0.2) is 16.1 Å². The second-order valence-electron chi connectivity index (χ2n) is 3.02. The van der Waals surface area contributed by atoms with E-state index in [1.54, 1.807) is 13.8 Å². The van der Waals surface area contributed by atoms with Gasteiger partial charge in [-0.15, -0.1) is 0 Å². The van der Waals surface area contributed by atoms with Crippen molar-refractivity contribution in [1.29, 1.82) is 0 Å². The van der Waals surface area contributed by atoms with Crippen molar-refractivity contribution in [3.8, 4) is 0 Å². The molecule has 0 bridgehead atoms. The normalized spacial score (nSPS) is 10.5. The van der Waals surface area contributed by atoms with E-state index in [1.165, 1.54) is 12.3 Å². The monoisotopic (exact) mass is 183 g/mol. The summed E-state index contributed by atoms with van der Waals surface area (Å²) in [5.41, 5.74) is -0.126. The van der Waals surface area contributed by atoms with Crippen LogP contribution in [0.15, 0.2) is 12.3 Å². The van der Waals surface area contributed by atoms with E-state index >= 15 is 0 Å². The molecule has 70 valence electrons. The number of aromatic carboxylic acids is 1. The molecule has 0 saturated heterocycles. The van der Waals surface area contributed by atoms with Gasteiger partial charge in [-0.2, -0.15) is 0 Å². The van der Waals surface area contributed by atoms with Gasteiger partial charge in [0.2, 0.25) is 0 Å². The van der Waals surface area contributed by atoms with Crippen molar-refractivity contribution in [1.82, 2.24) is 4.98 Å². The highest BCUT2D eigenvalue weighted by molar-refractivity contribution is 5.85. The van der Waals surface area contributed by atoms with Gasteiger partial charge < -0.3 is 5.11 Å². The summed E-state index contributed by atoms with van der Waals surface area (Å²) in [6.07, 6.45) is 1.31. The van der Waals surface area contributed by atoms with Crippen molar-refractivity contribution in [2.75, 3.05) is 0 Å². The number of halogens is 1. The molecule has 0 aliphatic carbocycles. The molecule has 1 aromatic heterocycles. The van der Waals surface area contributed by atoms with Crippen LogP contribution in [0.25, 0.3) is 0 Å². The van der Waals surface area contributed by atoms with E-state index in [0.717, 1.165) is 0 Å². The standard InChI is InChI=1S/C9H10FNO2/c1-5(2)6-3-4-11-8(7(6)10)9(12)13/h3-5H,1-2H3,(H,12,13). The predicted octanol–water partition coefficient (Wildman–Crippen LogP) is 2.04. The summed E-state index contributed by atoms with van der Waals surface area (Å²) in [5.74, 6) is -2.11. The number of carboxylic acids is 1. The van der Waals surface area contributed by atoms with Crippen LogP contribution in [-0.2, 0) is 0 Å². The summed E-state index contributed by atoms with van der Waals surface area (Å²) in [6.45, 7) is 3.59. The first-order valence-corrected chi connectivity index (χ1v) is 3.91. The van der Waals surface area contributed by atoms with Gasteiger partial charge in [0.05, 0.1) is 0 Å². The molecule has 3 nitrogen and oxygen atoms in total. The number of rotatable bonds is 2. The first-order valence-electron chi connectivity index (χ1n) is 3.91. The molecule has 0 aromatic carbocycles. The van der Waals surface area contributed by atoms with Crippen LogP contribution in [0.4, 0.5) is 4.39 Å². The maximum absolute atomic E-state index is 13.3. The lowest BCUT2D eigenvalue weighted by Crippen LogP contribution is -2.07. The van der Waals surface area contributed by atoms with Crippen molar-refractivity contribution in [2.45, 2.75) is 19.8 Å². The van der Waals surface area contributed by atoms with Crippen molar-refractivity contribution in [3.63, 3.8) is 0 Å². The maximum Gasteiger partial charge on any atom is 0.357 e. The molecule has 13 heavy (non-hydrogen) atoms. The van der Waals surface area contributed by atoms with Gasteiger partial charge in [-0.05, 0) is 17.5 Å². The van der Waals surface area contributed by atoms with E-state index in [4.69, 9.17) is 5.11 Å². The number of hydrogen-bond acceptors (Lipinski definition) is 2. The Hall–Kier alpha value is -1.45. The van der Waals surface area contributed by atoms with E-state index in [1.807, 2.05) is 0 Å². The van der Waals surface area contributed by atoms with Crippen LogP contribution in [0.2, 0.25) is 0 Å². The maximum atomic E-state index is 13.3. The van der Waals surface area contributed by atoms with Gasteiger partial charge in [-0.25, -0.2) is 14.2 Å². The minimum atomic E-state index is -1.33. The summed E-state index contributed by atoms with van der Waals surface area (Å²) < 4.78 is 13.3. The molecule has 0 aliphatic heterocycles. The lowest BCUT2D eigenvalue weighted by Gasteiger charge is -2.07. The Morgan fingerprint density at radius 1 is 1.62 bits per heavy atom. The lowest BCUT2D eigenvalue weighted by molar-refractivity contribution is 0.0684. The number of hydrogen-bond donors (Lipinski definition) is 1. The number of aromatic nitrogens is 1. The van der Waals surface area contributed by atoms with Crippen molar-refractivity contribution < 1.29 is 14.3 Å². The Kier molecular flexibility index (Phi) is 2.60. The topological polar surface area (TPSA) is 50.2 Å². The Morgan fingerprint density at radius 2 is 2.23 bits per heavy atom. The zero-order chi connectivity index (χ0) is 10.0. The van der Waals surface area contributed by atoms with Gasteiger partial charge in [0, 0.05) is 6.20 Å². The lowest BCUT2D eigenvalue weighted by atomic mass is 10.0. The average Bonchev–Trinajstić information content (AvgIpc) is 2.03. The molecule has 1 aromatic rings. The molecule has 0 spiro atoms. The van der Waals surface area contributed by atoms with Crippen LogP contribution in [0.1, 0.15) is 35.8 Å². The zero-order valence-electron chi connectivity index (χ0n) is 7.41. The molecule has 0 atom stereocenters. The molecular formula is C9H10FNO2. The first-order chi connectivity index (χ1) is 6.04. The van der Waals surface area contributed by atoms with Gasteiger partial charge in [0.15, 0.2) is 11.5 Å². The van der Waals surface area contributed by atoms with Crippen LogP contribution < -0.4 is 0 Å². The Labute approximate surface area is 75.2 Å². The Morgan fingerprint density at radius 3 is 2.69 bits per heavy atom. The van der Waals surface area contributed by atoms with Gasteiger partial charge in [0.25, 0.3) is 0 Å². The number of pyridine rings is 1. The average molecular weight is 183 g/mol. The van der Waals surface area contributed by atoms with E-state index in [-0.39, 0.29) is 5.92 Å². The van der Waals surface area contributed by atoms with Crippen molar-refractivity contribution in [2.24, 2.45) is 0 Å². The fourth-order valence-corrected chi connectivity index (χ4v) is 1.05. The smallest absolute Gasteiger partial charge is 0.357 e. The van der Waals surface area contributed by atoms with Gasteiger partial charge in [0.1, 0.15) is 0 Å². The molecule has 0 saturated carbocycles. The summed E-state index contributed by atoms with van der Waals surface area (Å²) in [6, 6.07) is 1.49. The summed E-state index contributed by atoms with van der Waals surface area (Å²) >= 11 is 0. The summed E-state index contributed by atoms with van der Waals surface area (Å²) in [7, 11) is 0. The van der Waals surface area contributed by atoms with Gasteiger partial charge in [-0.1, -0.05) is 13.8 Å². The third kappa shape index (κ3) is 1.83. The Bertz CT molecular complexity index is 336. The van der Waals surface area contributed by atoms with Crippen LogP contribution in [0, 0.1) is 5.82 Å². The first kappa shape index (κ1) is 9.64. The van der Waals surface area contributed by atoms with Gasteiger partial charge >= 0.3 is 5.97 Å². The molecule has 1 heterocycles. The van der Waals surface area contributed by atoms with Gasteiger partial charge in [-0.3, -0.25) is 0 Å². The molecule has 1 rings (SSSR count). The molecule has 4 heteroatoms. The highest BCUT2D eigenvalue weighted by Crippen LogP contribution is 2.19. The summed E-state index contributed by atoms with van der Waals surface area (Å²) in [4.78, 5) is 13.9. The molecule has 0 aliphatic rings. The predicted molar refractivity (Wildman–Crippen MR) is 45.2 cm³/mol. The van der Waals surface area contributed by atoms with E-state index < -0.39 is 17.5 Å². The highest BCUT2D eigenvalue weighted by atomic mass is 19.1. The van der Waals surface area contributed by atoms with Crippen LogP contribution in [0.3, 0.4) is 0 Å². The van der Waals surface area contributed by atoms with E-state index in [9.17, 15) is 9.18 Å². The molecule has 1 N–H and O–H groups in total. The minimum Gasteiger partial charge on any atom is -0.476 e. The fourth-order valence-electron chi connectivity index (χ4n) is 1.05. The SMILES string of the molecule is CC(C)c1ccnc(C(=O)O)c1F. The summed E-state index contributed by atoms with van der Waals surface area (Å²) in [5, 5.41) is 8.57. The largest absolute Gasteiger partial charge is 0.476 e. The molecule has 0 radical (unpaired) electrons. The number of carboxylic acid groups (broad SMARTS) is 1. The zero-order valence-corrected chi connectivity index (χ0v) is 7.41. The second kappa shape index (κ2) is 3.51. The van der Waals surface area contributed by atoms with Crippen molar-refractivity contribution >= 4 is 5.97 Å². The second-order valence-corrected chi connectivity index (χ2v) is 3.02. The van der Waals surface area contributed by atoms with Crippen molar-refractivity contribution in [3.05, 3.63) is 29.3 Å². The third-order valence-electron chi connectivity index (χ3n) is 1.74. The van der Waals surface area contributed by atoms with Crippen LogP contribution in [0.5, 0.6) is 0 Å². The Balaban J connectivity index is 3.26. The number of carbonyl (C=O) groups is 1. The molecule has 0 amide bonds. The molecule has 0 unspecified atom stereocenters. The number of nitrogens with zero attached hydrogens (tertiary/aromatic N) is 1. The molecule has 0 fully saturated rings. The fraction of sp³-hybridized carbons (Fsp3) is 0.333. The quantitative estimate of drug-likeness (QED) is 0.763.